The fourth-order valence-corrected chi connectivity index (χ4v) is 3.67. The van der Waals surface area contributed by atoms with Crippen LogP contribution in [-0.2, 0) is 17.3 Å². The van der Waals surface area contributed by atoms with Gasteiger partial charge in [0, 0.05) is 43.0 Å². The highest BCUT2D eigenvalue weighted by molar-refractivity contribution is 5.96. The Balaban J connectivity index is 1.63. The molecule has 6 nitrogen and oxygen atoms in total. The second kappa shape index (κ2) is 8.85. The number of alkyl halides is 4. The van der Waals surface area contributed by atoms with Crippen molar-refractivity contribution >= 4 is 11.4 Å². The summed E-state index contributed by atoms with van der Waals surface area (Å²) in [5.41, 5.74) is -0.289. The molecule has 0 aliphatic carbocycles. The van der Waals surface area contributed by atoms with E-state index in [1.165, 1.54) is 6.07 Å². The highest BCUT2D eigenvalue weighted by Crippen LogP contribution is 2.33. The molecule has 1 aliphatic heterocycles. The van der Waals surface area contributed by atoms with E-state index < -0.39 is 23.8 Å². The zero-order valence-corrected chi connectivity index (χ0v) is 17.2. The number of ether oxygens (including phenoxy) is 2. The van der Waals surface area contributed by atoms with Gasteiger partial charge in [0.05, 0.1) is 18.9 Å². The van der Waals surface area contributed by atoms with Gasteiger partial charge >= 0.3 is 6.18 Å². The lowest BCUT2D eigenvalue weighted by Gasteiger charge is -2.11. The van der Waals surface area contributed by atoms with Crippen LogP contribution in [0.5, 0.6) is 5.75 Å². The minimum Gasteiger partial charge on any atom is -0.493 e. The van der Waals surface area contributed by atoms with E-state index >= 15 is 0 Å². The minimum absolute atomic E-state index is 0.234. The van der Waals surface area contributed by atoms with E-state index in [1.54, 1.807) is 29.8 Å². The van der Waals surface area contributed by atoms with Gasteiger partial charge in [-0.1, -0.05) is 6.07 Å². The average Bonchev–Trinajstić information content (AvgIpc) is 3.43. The summed E-state index contributed by atoms with van der Waals surface area (Å²) in [6.07, 6.45) is -2.42. The number of carbonyl (C=O) groups is 1. The Labute approximate surface area is 181 Å². The first-order valence-corrected chi connectivity index (χ1v) is 10.2. The molecule has 170 valence electrons. The van der Waals surface area contributed by atoms with Crippen LogP contribution in [0.4, 0.5) is 17.6 Å². The smallest absolute Gasteiger partial charge is 0.433 e. The number of nitrogens with zero attached hydrogens (tertiary/aromatic N) is 3. The topological polar surface area (TPSA) is 65.7 Å². The number of halogens is 4. The van der Waals surface area contributed by atoms with Crippen molar-refractivity contribution in [3.63, 3.8) is 0 Å². The number of Topliss-reactive ketones (excluding diaryl/α,β-unsaturated/α-hetero) is 1. The van der Waals surface area contributed by atoms with Crippen LogP contribution in [0.1, 0.15) is 47.0 Å². The molecule has 0 amide bonds. The maximum absolute atomic E-state index is 14.9. The Morgan fingerprint density at radius 1 is 1.31 bits per heavy atom. The molecular weight excluding hydrogens is 430 g/mol. The van der Waals surface area contributed by atoms with E-state index in [0.717, 1.165) is 12.1 Å². The second-order valence-corrected chi connectivity index (χ2v) is 7.56. The van der Waals surface area contributed by atoms with Crippen LogP contribution in [0.15, 0.2) is 36.7 Å². The molecule has 1 saturated heterocycles. The van der Waals surface area contributed by atoms with Crippen molar-refractivity contribution in [2.75, 3.05) is 19.8 Å². The van der Waals surface area contributed by atoms with Gasteiger partial charge in [-0.2, -0.15) is 13.2 Å². The molecule has 0 aromatic carbocycles. The first kappa shape index (κ1) is 22.2. The second-order valence-electron chi connectivity index (χ2n) is 7.56. The van der Waals surface area contributed by atoms with E-state index in [1.807, 2.05) is 0 Å². The zero-order valence-electron chi connectivity index (χ0n) is 17.2. The molecule has 3 aromatic heterocycles. The van der Waals surface area contributed by atoms with Gasteiger partial charge in [-0.25, -0.2) is 14.4 Å². The Morgan fingerprint density at radius 3 is 2.81 bits per heavy atom. The van der Waals surface area contributed by atoms with Crippen molar-refractivity contribution in [1.29, 1.82) is 0 Å². The number of imidazole rings is 1. The van der Waals surface area contributed by atoms with Gasteiger partial charge in [0.25, 0.3) is 0 Å². The van der Waals surface area contributed by atoms with Gasteiger partial charge < -0.3 is 13.9 Å². The molecule has 1 fully saturated rings. The highest BCUT2D eigenvalue weighted by atomic mass is 19.4. The predicted octanol–water partition coefficient (Wildman–Crippen LogP) is 4.62. The third-order valence-electron chi connectivity index (χ3n) is 5.29. The van der Waals surface area contributed by atoms with Crippen LogP contribution < -0.4 is 4.74 Å². The lowest BCUT2D eigenvalue weighted by Crippen LogP contribution is -2.13. The lowest BCUT2D eigenvalue weighted by atomic mass is 10.0. The van der Waals surface area contributed by atoms with Crippen LogP contribution >= 0.6 is 0 Å². The maximum atomic E-state index is 14.9. The van der Waals surface area contributed by atoms with Gasteiger partial charge in [-0.05, 0) is 25.5 Å². The minimum atomic E-state index is -4.65. The summed E-state index contributed by atoms with van der Waals surface area (Å²) in [7, 11) is 0. The molecule has 0 spiro atoms. The molecule has 4 heterocycles. The fraction of sp³-hybridized carbons (Fsp3) is 0.409. The molecule has 10 heteroatoms. The number of fused-ring (bicyclic) bond motifs is 1. The number of hydrogen-bond donors (Lipinski definition) is 0. The predicted molar refractivity (Wildman–Crippen MR) is 106 cm³/mol. The first-order valence-electron chi connectivity index (χ1n) is 10.2. The van der Waals surface area contributed by atoms with E-state index in [2.05, 4.69) is 9.97 Å². The molecule has 4 rings (SSSR count). The van der Waals surface area contributed by atoms with Crippen molar-refractivity contribution in [2.24, 2.45) is 5.92 Å². The van der Waals surface area contributed by atoms with Crippen molar-refractivity contribution in [3.05, 3.63) is 59.3 Å². The fourth-order valence-electron chi connectivity index (χ4n) is 3.67. The quantitative estimate of drug-likeness (QED) is 0.388. The van der Waals surface area contributed by atoms with Crippen LogP contribution in [0, 0.1) is 5.92 Å². The third kappa shape index (κ3) is 4.59. The van der Waals surface area contributed by atoms with Gasteiger partial charge in [0.2, 0.25) is 0 Å². The van der Waals surface area contributed by atoms with Gasteiger partial charge in [0.15, 0.2) is 5.78 Å². The maximum Gasteiger partial charge on any atom is 0.433 e. The highest BCUT2D eigenvalue weighted by Gasteiger charge is 2.33. The Kier molecular flexibility index (Phi) is 6.14. The molecule has 0 unspecified atom stereocenters. The lowest BCUT2D eigenvalue weighted by molar-refractivity contribution is -0.141. The van der Waals surface area contributed by atoms with Crippen LogP contribution in [0.3, 0.4) is 0 Å². The van der Waals surface area contributed by atoms with E-state index in [0.29, 0.717) is 43.2 Å². The SMILES string of the molecule is CCOc1cc2nc([C@@H](F)[C@@H]3CCOC3)cn2cc1CC(=O)c1cccc(C(F)(F)F)n1. The molecule has 3 aromatic rings. The third-order valence-corrected chi connectivity index (χ3v) is 5.29. The summed E-state index contributed by atoms with van der Waals surface area (Å²) in [6.45, 7) is 2.92. The summed E-state index contributed by atoms with van der Waals surface area (Å²) < 4.78 is 66.1. The summed E-state index contributed by atoms with van der Waals surface area (Å²) in [5, 5.41) is 0. The Morgan fingerprint density at radius 2 is 2.12 bits per heavy atom. The number of rotatable bonds is 7. The molecule has 0 bridgehead atoms. The molecule has 2 atom stereocenters. The number of aromatic nitrogens is 3. The zero-order chi connectivity index (χ0) is 22.9. The van der Waals surface area contributed by atoms with E-state index in [-0.39, 0.29) is 23.7 Å². The average molecular weight is 451 g/mol. The van der Waals surface area contributed by atoms with Gasteiger partial charge in [-0.15, -0.1) is 0 Å². The van der Waals surface area contributed by atoms with Crippen LogP contribution in [-0.4, -0.2) is 40.0 Å². The normalized spacial score (nSPS) is 17.6. The van der Waals surface area contributed by atoms with Gasteiger partial charge in [-0.3, -0.25) is 4.79 Å². The molecule has 1 aliphatic rings. The van der Waals surface area contributed by atoms with Crippen molar-refractivity contribution in [3.8, 4) is 5.75 Å². The number of ketones is 1. The van der Waals surface area contributed by atoms with Crippen molar-refractivity contribution < 1.29 is 31.8 Å². The van der Waals surface area contributed by atoms with Gasteiger partial charge in [0.1, 0.15) is 29.0 Å². The first-order chi connectivity index (χ1) is 15.3. The summed E-state index contributed by atoms with van der Waals surface area (Å²) in [6, 6.07) is 4.78. The molecule has 0 N–H and O–H groups in total. The number of hydrogen-bond acceptors (Lipinski definition) is 5. The van der Waals surface area contributed by atoms with Crippen LogP contribution in [0.2, 0.25) is 0 Å². The molecular formula is C22H21F4N3O3. The molecule has 0 saturated carbocycles. The van der Waals surface area contributed by atoms with Crippen LogP contribution in [0.25, 0.3) is 5.65 Å². The number of pyridine rings is 2. The Hall–Kier alpha value is -3.01. The van der Waals surface area contributed by atoms with Crippen molar-refractivity contribution in [1.82, 2.24) is 14.4 Å². The largest absolute Gasteiger partial charge is 0.493 e. The van der Waals surface area contributed by atoms with Crippen molar-refractivity contribution in [2.45, 2.75) is 32.1 Å². The summed E-state index contributed by atoms with van der Waals surface area (Å²) >= 11 is 0. The summed E-state index contributed by atoms with van der Waals surface area (Å²) in [4.78, 5) is 20.5. The standard InChI is InChI=1S/C22H21F4N3O3/c1-2-32-18-9-20-28-16(21(23)13-6-7-31-12-13)11-29(20)10-14(18)8-17(30)15-4-3-5-19(27-15)22(24,25)26/h3-5,9-11,13,21H,2,6-8,12H2,1H3/t13-,21+/m1/s1. The van der Waals surface area contributed by atoms with E-state index in [9.17, 15) is 22.4 Å². The molecule has 0 radical (unpaired) electrons. The number of carbonyl (C=O) groups excluding carboxylic acids is 1. The Bertz CT molecular complexity index is 1120. The monoisotopic (exact) mass is 451 g/mol. The molecule has 32 heavy (non-hydrogen) atoms. The van der Waals surface area contributed by atoms with E-state index in [4.69, 9.17) is 9.47 Å². The summed E-state index contributed by atoms with van der Waals surface area (Å²) in [5.74, 6) is -0.500.